The second kappa shape index (κ2) is 5.91. The molecule has 1 saturated heterocycles. The van der Waals surface area contributed by atoms with Crippen molar-refractivity contribution in [1.82, 2.24) is 9.88 Å². The van der Waals surface area contributed by atoms with Crippen LogP contribution in [0, 0.1) is 5.82 Å². The predicted molar refractivity (Wildman–Crippen MR) is 78.8 cm³/mol. The predicted octanol–water partition coefficient (Wildman–Crippen LogP) is 2.18. The molecule has 2 heterocycles. The van der Waals surface area contributed by atoms with Gasteiger partial charge in [0.15, 0.2) is 0 Å². The SMILES string of the molecule is O=C(c1cccc(F)c1)N1CCN(c2ccccn2)CC1. The van der Waals surface area contributed by atoms with Gasteiger partial charge in [-0.25, -0.2) is 9.37 Å². The van der Waals surface area contributed by atoms with Crippen LogP contribution in [-0.2, 0) is 0 Å². The van der Waals surface area contributed by atoms with E-state index in [0.29, 0.717) is 18.7 Å². The van der Waals surface area contributed by atoms with E-state index in [4.69, 9.17) is 0 Å². The molecule has 1 aliphatic rings. The lowest BCUT2D eigenvalue weighted by molar-refractivity contribution is 0.0746. The highest BCUT2D eigenvalue weighted by Crippen LogP contribution is 2.14. The summed E-state index contributed by atoms with van der Waals surface area (Å²) in [5, 5.41) is 0. The molecular weight excluding hydrogens is 269 g/mol. The summed E-state index contributed by atoms with van der Waals surface area (Å²) in [6.45, 7) is 2.70. The van der Waals surface area contributed by atoms with E-state index < -0.39 is 0 Å². The van der Waals surface area contributed by atoms with E-state index >= 15 is 0 Å². The van der Waals surface area contributed by atoms with Crippen molar-refractivity contribution in [2.24, 2.45) is 0 Å². The fourth-order valence-electron chi connectivity index (χ4n) is 2.48. The van der Waals surface area contributed by atoms with Crippen molar-refractivity contribution >= 4 is 11.7 Å². The topological polar surface area (TPSA) is 36.4 Å². The Balaban J connectivity index is 1.64. The van der Waals surface area contributed by atoms with Gasteiger partial charge in [-0.3, -0.25) is 4.79 Å². The Kier molecular flexibility index (Phi) is 3.81. The Hall–Kier alpha value is -2.43. The molecule has 0 bridgehead atoms. The highest BCUT2D eigenvalue weighted by Gasteiger charge is 2.22. The van der Waals surface area contributed by atoms with Crippen LogP contribution in [-0.4, -0.2) is 42.0 Å². The van der Waals surface area contributed by atoms with E-state index in [1.54, 1.807) is 23.2 Å². The maximum Gasteiger partial charge on any atom is 0.254 e. The number of hydrogen-bond acceptors (Lipinski definition) is 3. The minimum atomic E-state index is -0.382. The summed E-state index contributed by atoms with van der Waals surface area (Å²) in [5.74, 6) is 0.429. The molecular formula is C16H16FN3O. The molecule has 0 saturated carbocycles. The third-order valence-electron chi connectivity index (χ3n) is 3.61. The van der Waals surface area contributed by atoms with Crippen molar-refractivity contribution in [3.63, 3.8) is 0 Å². The van der Waals surface area contributed by atoms with Crippen LogP contribution in [0.4, 0.5) is 10.2 Å². The molecule has 21 heavy (non-hydrogen) atoms. The number of rotatable bonds is 2. The molecule has 0 N–H and O–H groups in total. The largest absolute Gasteiger partial charge is 0.353 e. The standard InChI is InChI=1S/C16H16FN3O/c17-14-5-3-4-13(12-14)16(21)20-10-8-19(9-11-20)15-6-1-2-7-18-15/h1-7,12H,8-11H2. The summed E-state index contributed by atoms with van der Waals surface area (Å²) in [6, 6.07) is 11.6. The zero-order valence-corrected chi connectivity index (χ0v) is 11.6. The Morgan fingerprint density at radius 1 is 1.05 bits per heavy atom. The quantitative estimate of drug-likeness (QED) is 0.848. The Bertz CT molecular complexity index is 624. The zero-order chi connectivity index (χ0) is 14.7. The van der Waals surface area contributed by atoms with Gasteiger partial charge in [0, 0.05) is 37.9 Å². The molecule has 1 aromatic heterocycles. The second-order valence-corrected chi connectivity index (χ2v) is 4.98. The van der Waals surface area contributed by atoms with E-state index in [-0.39, 0.29) is 11.7 Å². The molecule has 2 aromatic rings. The van der Waals surface area contributed by atoms with Crippen LogP contribution in [0.25, 0.3) is 0 Å². The number of halogens is 1. The molecule has 4 nitrogen and oxygen atoms in total. The number of piperazine rings is 1. The number of pyridine rings is 1. The number of hydrogen-bond donors (Lipinski definition) is 0. The number of benzene rings is 1. The van der Waals surface area contributed by atoms with Gasteiger partial charge in [0.2, 0.25) is 0 Å². The van der Waals surface area contributed by atoms with Crippen LogP contribution in [0.15, 0.2) is 48.7 Å². The van der Waals surface area contributed by atoms with Crippen molar-refractivity contribution in [2.75, 3.05) is 31.1 Å². The molecule has 5 heteroatoms. The van der Waals surface area contributed by atoms with Crippen molar-refractivity contribution in [3.05, 3.63) is 60.0 Å². The third kappa shape index (κ3) is 3.02. The molecule has 0 radical (unpaired) electrons. The maximum absolute atomic E-state index is 13.2. The minimum Gasteiger partial charge on any atom is -0.353 e. The maximum atomic E-state index is 13.2. The number of nitrogens with zero attached hydrogens (tertiary/aromatic N) is 3. The smallest absolute Gasteiger partial charge is 0.254 e. The number of anilines is 1. The number of carbonyl (C=O) groups is 1. The lowest BCUT2D eigenvalue weighted by Crippen LogP contribution is -2.49. The first-order valence-corrected chi connectivity index (χ1v) is 6.95. The van der Waals surface area contributed by atoms with Crippen LogP contribution in [0.2, 0.25) is 0 Å². The van der Waals surface area contributed by atoms with Crippen LogP contribution >= 0.6 is 0 Å². The van der Waals surface area contributed by atoms with E-state index in [0.717, 1.165) is 18.9 Å². The number of amides is 1. The minimum absolute atomic E-state index is 0.116. The van der Waals surface area contributed by atoms with Gasteiger partial charge in [0.25, 0.3) is 5.91 Å². The van der Waals surface area contributed by atoms with E-state index in [9.17, 15) is 9.18 Å². The molecule has 1 fully saturated rings. The molecule has 108 valence electrons. The van der Waals surface area contributed by atoms with Gasteiger partial charge in [-0.2, -0.15) is 0 Å². The average molecular weight is 285 g/mol. The van der Waals surface area contributed by atoms with Gasteiger partial charge in [0.1, 0.15) is 11.6 Å². The fourth-order valence-corrected chi connectivity index (χ4v) is 2.48. The molecule has 0 atom stereocenters. The first-order valence-electron chi connectivity index (χ1n) is 6.95. The average Bonchev–Trinajstić information content (AvgIpc) is 2.55. The van der Waals surface area contributed by atoms with E-state index in [1.807, 2.05) is 18.2 Å². The van der Waals surface area contributed by atoms with Gasteiger partial charge in [-0.15, -0.1) is 0 Å². The molecule has 1 aliphatic heterocycles. The lowest BCUT2D eigenvalue weighted by atomic mass is 10.1. The number of carbonyl (C=O) groups excluding carboxylic acids is 1. The first kappa shape index (κ1) is 13.5. The summed E-state index contributed by atoms with van der Waals surface area (Å²) in [4.78, 5) is 20.5. The third-order valence-corrected chi connectivity index (χ3v) is 3.61. The summed E-state index contributed by atoms with van der Waals surface area (Å²) >= 11 is 0. The van der Waals surface area contributed by atoms with Gasteiger partial charge in [-0.05, 0) is 30.3 Å². The fraction of sp³-hybridized carbons (Fsp3) is 0.250. The van der Waals surface area contributed by atoms with Crippen molar-refractivity contribution in [3.8, 4) is 0 Å². The highest BCUT2D eigenvalue weighted by atomic mass is 19.1. The van der Waals surface area contributed by atoms with E-state index in [2.05, 4.69) is 9.88 Å². The van der Waals surface area contributed by atoms with Gasteiger partial charge < -0.3 is 9.80 Å². The van der Waals surface area contributed by atoms with Crippen molar-refractivity contribution < 1.29 is 9.18 Å². The highest BCUT2D eigenvalue weighted by molar-refractivity contribution is 5.94. The van der Waals surface area contributed by atoms with Crippen molar-refractivity contribution in [1.29, 1.82) is 0 Å². The Morgan fingerprint density at radius 3 is 2.52 bits per heavy atom. The van der Waals surface area contributed by atoms with Gasteiger partial charge in [0.05, 0.1) is 0 Å². The van der Waals surface area contributed by atoms with Crippen LogP contribution in [0.3, 0.4) is 0 Å². The molecule has 1 aromatic carbocycles. The summed E-state index contributed by atoms with van der Waals surface area (Å²) in [6.07, 6.45) is 1.76. The molecule has 0 spiro atoms. The molecule has 0 unspecified atom stereocenters. The second-order valence-electron chi connectivity index (χ2n) is 4.98. The van der Waals surface area contributed by atoms with Gasteiger partial charge >= 0.3 is 0 Å². The van der Waals surface area contributed by atoms with Crippen molar-refractivity contribution in [2.45, 2.75) is 0 Å². The van der Waals surface area contributed by atoms with Crippen LogP contribution in [0.5, 0.6) is 0 Å². The zero-order valence-electron chi connectivity index (χ0n) is 11.6. The summed E-state index contributed by atoms with van der Waals surface area (Å²) in [5.41, 5.74) is 0.404. The Morgan fingerprint density at radius 2 is 1.86 bits per heavy atom. The molecule has 3 rings (SSSR count). The van der Waals surface area contributed by atoms with Gasteiger partial charge in [-0.1, -0.05) is 12.1 Å². The molecule has 0 aliphatic carbocycles. The first-order chi connectivity index (χ1) is 10.2. The number of aromatic nitrogens is 1. The normalized spacial score (nSPS) is 15.1. The lowest BCUT2D eigenvalue weighted by Gasteiger charge is -2.35. The van der Waals surface area contributed by atoms with E-state index in [1.165, 1.54) is 12.1 Å². The molecule has 1 amide bonds. The summed E-state index contributed by atoms with van der Waals surface area (Å²) < 4.78 is 13.2. The Labute approximate surface area is 122 Å². The monoisotopic (exact) mass is 285 g/mol. The summed E-state index contributed by atoms with van der Waals surface area (Å²) in [7, 11) is 0. The van der Waals surface area contributed by atoms with Crippen LogP contribution < -0.4 is 4.90 Å². The van der Waals surface area contributed by atoms with Crippen LogP contribution in [0.1, 0.15) is 10.4 Å².